The van der Waals surface area contributed by atoms with Crippen LogP contribution in [0.25, 0.3) is 0 Å². The van der Waals surface area contributed by atoms with Crippen LogP contribution in [0.1, 0.15) is 48.5 Å². The second kappa shape index (κ2) is 14.6. The van der Waals surface area contributed by atoms with Crippen molar-refractivity contribution in [2.45, 2.75) is 59.5 Å². The maximum atomic E-state index is 13.1. The van der Waals surface area contributed by atoms with Crippen molar-refractivity contribution in [3.63, 3.8) is 0 Å². The van der Waals surface area contributed by atoms with Gasteiger partial charge in [-0.25, -0.2) is 12.8 Å². The number of benzene rings is 2. The van der Waals surface area contributed by atoms with Crippen LogP contribution in [0.5, 0.6) is 5.75 Å². The van der Waals surface area contributed by atoms with Crippen molar-refractivity contribution in [2.75, 3.05) is 29.8 Å². The highest BCUT2D eigenvalue weighted by molar-refractivity contribution is 7.92. The summed E-state index contributed by atoms with van der Waals surface area (Å²) in [5.41, 5.74) is 6.59. The molecule has 0 saturated carbocycles. The van der Waals surface area contributed by atoms with E-state index in [0.29, 0.717) is 23.7 Å². The van der Waals surface area contributed by atoms with E-state index >= 15 is 0 Å². The van der Waals surface area contributed by atoms with Crippen molar-refractivity contribution in [1.82, 2.24) is 0 Å². The molecule has 176 valence electrons. The second-order valence-electron chi connectivity index (χ2n) is 5.62. The van der Waals surface area contributed by atoms with Gasteiger partial charge in [0.25, 0.3) is 10.0 Å². The molecule has 1 atom stereocenters. The number of halogens is 1. The minimum Gasteiger partial charge on any atom is -0.484 e. The highest BCUT2D eigenvalue weighted by Crippen LogP contribution is 2.38. The third kappa shape index (κ3) is 7.70. The van der Waals surface area contributed by atoms with Crippen LogP contribution in [-0.2, 0) is 14.8 Å². The van der Waals surface area contributed by atoms with Gasteiger partial charge in [0.05, 0.1) is 23.7 Å². The van der Waals surface area contributed by atoms with Crippen molar-refractivity contribution in [1.29, 1.82) is 0 Å². The minimum atomic E-state index is -3.89. The summed E-state index contributed by atoms with van der Waals surface area (Å²) < 4.78 is 51.7. The van der Waals surface area contributed by atoms with E-state index in [1.165, 1.54) is 16.4 Å². The SMILES string of the molecule is CC.CC.CC.CCOCC1CN(S(=O)(=O)c2ccc(F)cc2)c2cc(N)ccc2O1. The zero-order valence-electron chi connectivity index (χ0n) is 19.7. The molecule has 2 N–H and O–H groups in total. The highest BCUT2D eigenvalue weighted by Gasteiger charge is 2.34. The molecule has 1 aliphatic rings. The lowest BCUT2D eigenvalue weighted by molar-refractivity contribution is 0.0577. The molecule has 0 amide bonds. The summed E-state index contributed by atoms with van der Waals surface area (Å²) in [5, 5.41) is 0. The van der Waals surface area contributed by atoms with E-state index in [-0.39, 0.29) is 18.0 Å². The molecular weight excluding hydrogens is 419 g/mol. The van der Waals surface area contributed by atoms with Crippen molar-refractivity contribution in [3.8, 4) is 5.75 Å². The summed E-state index contributed by atoms with van der Waals surface area (Å²) in [4.78, 5) is -0.000616. The lowest BCUT2D eigenvalue weighted by atomic mass is 10.2. The molecule has 8 heteroatoms. The van der Waals surface area contributed by atoms with E-state index in [2.05, 4.69) is 0 Å². The van der Waals surface area contributed by atoms with Gasteiger partial charge in [-0.1, -0.05) is 41.5 Å². The van der Waals surface area contributed by atoms with Gasteiger partial charge in [-0.05, 0) is 49.4 Å². The Hall–Kier alpha value is -2.32. The van der Waals surface area contributed by atoms with Gasteiger partial charge < -0.3 is 15.2 Å². The van der Waals surface area contributed by atoms with Crippen LogP contribution in [-0.4, -0.2) is 34.3 Å². The number of fused-ring (bicyclic) bond motifs is 1. The molecule has 1 heterocycles. The Morgan fingerprint density at radius 3 is 2.19 bits per heavy atom. The summed E-state index contributed by atoms with van der Waals surface area (Å²) >= 11 is 0. The molecule has 2 aromatic carbocycles. The topological polar surface area (TPSA) is 81.9 Å². The summed E-state index contributed by atoms with van der Waals surface area (Å²) in [7, 11) is -3.89. The highest BCUT2D eigenvalue weighted by atomic mass is 32.2. The number of anilines is 2. The van der Waals surface area contributed by atoms with Gasteiger partial charge in [0.1, 0.15) is 17.7 Å². The predicted octanol–water partition coefficient (Wildman–Crippen LogP) is 5.48. The molecule has 1 aliphatic heterocycles. The van der Waals surface area contributed by atoms with E-state index in [9.17, 15) is 12.8 Å². The molecule has 0 fully saturated rings. The Morgan fingerprint density at radius 2 is 1.65 bits per heavy atom. The fourth-order valence-corrected chi connectivity index (χ4v) is 4.13. The molecular formula is C23H37FN2O4S. The maximum absolute atomic E-state index is 13.1. The van der Waals surface area contributed by atoms with Crippen LogP contribution in [0, 0.1) is 5.82 Å². The number of rotatable bonds is 5. The Morgan fingerprint density at radius 1 is 1.06 bits per heavy atom. The molecule has 0 bridgehead atoms. The second-order valence-corrected chi connectivity index (χ2v) is 7.48. The van der Waals surface area contributed by atoms with Gasteiger partial charge >= 0.3 is 0 Å². The molecule has 0 aromatic heterocycles. The summed E-state index contributed by atoms with van der Waals surface area (Å²) in [6.07, 6.45) is -0.453. The number of sulfonamides is 1. The number of nitrogen functional groups attached to an aromatic ring is 1. The quantitative estimate of drug-likeness (QED) is 0.603. The Balaban J connectivity index is 0.00000138. The predicted molar refractivity (Wildman–Crippen MR) is 127 cm³/mol. The van der Waals surface area contributed by atoms with Crippen LogP contribution in [0.2, 0.25) is 0 Å². The van der Waals surface area contributed by atoms with Crippen molar-refractivity contribution in [3.05, 3.63) is 48.3 Å². The number of hydrogen-bond donors (Lipinski definition) is 1. The molecule has 0 spiro atoms. The lowest BCUT2D eigenvalue weighted by Crippen LogP contribution is -2.45. The molecule has 0 saturated heterocycles. The van der Waals surface area contributed by atoms with E-state index < -0.39 is 21.9 Å². The van der Waals surface area contributed by atoms with Crippen LogP contribution < -0.4 is 14.8 Å². The normalized spacial score (nSPS) is 14.3. The fourth-order valence-electron chi connectivity index (χ4n) is 2.63. The average Bonchev–Trinajstić information content (AvgIpc) is 2.81. The third-order valence-electron chi connectivity index (χ3n) is 3.82. The molecule has 31 heavy (non-hydrogen) atoms. The first kappa shape index (κ1) is 28.7. The van der Waals surface area contributed by atoms with Gasteiger partial charge in [-0.15, -0.1) is 0 Å². The standard InChI is InChI=1S/C17H19FN2O4S.3C2H6/c1-2-23-11-14-10-20(16-9-13(19)5-8-17(16)24-14)25(21,22)15-6-3-12(18)4-7-15;3*1-2/h3-9,14H,2,10-11,19H2,1H3;3*1-2H3. The minimum absolute atomic E-state index is 0.000616. The number of nitrogens with two attached hydrogens (primary N) is 1. The van der Waals surface area contributed by atoms with E-state index in [0.717, 1.165) is 12.1 Å². The monoisotopic (exact) mass is 456 g/mol. The summed E-state index contributed by atoms with van der Waals surface area (Å²) in [6.45, 7) is 14.7. The van der Waals surface area contributed by atoms with Crippen molar-refractivity contribution >= 4 is 21.4 Å². The molecule has 3 rings (SSSR count). The number of nitrogens with zero attached hydrogens (tertiary/aromatic N) is 1. The smallest absolute Gasteiger partial charge is 0.264 e. The maximum Gasteiger partial charge on any atom is 0.264 e. The molecule has 0 aliphatic carbocycles. The van der Waals surface area contributed by atoms with Gasteiger partial charge in [0.2, 0.25) is 0 Å². The van der Waals surface area contributed by atoms with Gasteiger partial charge in [0, 0.05) is 12.3 Å². The van der Waals surface area contributed by atoms with Crippen LogP contribution in [0.3, 0.4) is 0 Å². The largest absolute Gasteiger partial charge is 0.484 e. The lowest BCUT2D eigenvalue weighted by Gasteiger charge is -2.35. The van der Waals surface area contributed by atoms with E-state index in [4.69, 9.17) is 15.2 Å². The Labute approximate surface area is 187 Å². The first-order chi connectivity index (χ1) is 14.9. The molecule has 0 radical (unpaired) electrons. The van der Waals surface area contributed by atoms with E-state index in [1.807, 2.05) is 48.5 Å². The first-order valence-electron chi connectivity index (χ1n) is 10.8. The van der Waals surface area contributed by atoms with Crippen LogP contribution in [0.4, 0.5) is 15.8 Å². The number of ether oxygens (including phenoxy) is 2. The third-order valence-corrected chi connectivity index (χ3v) is 5.62. The Kier molecular flexibility index (Phi) is 13.5. The number of hydrogen-bond acceptors (Lipinski definition) is 5. The van der Waals surface area contributed by atoms with E-state index in [1.54, 1.807) is 18.2 Å². The molecule has 2 aromatic rings. The van der Waals surface area contributed by atoms with Gasteiger partial charge in [-0.3, -0.25) is 4.31 Å². The van der Waals surface area contributed by atoms with Crippen LogP contribution in [0.15, 0.2) is 47.4 Å². The summed E-state index contributed by atoms with van der Waals surface area (Å²) in [6, 6.07) is 9.54. The average molecular weight is 457 g/mol. The van der Waals surface area contributed by atoms with Crippen LogP contribution >= 0.6 is 0 Å². The van der Waals surface area contributed by atoms with Gasteiger partial charge in [0.15, 0.2) is 0 Å². The van der Waals surface area contributed by atoms with Crippen molar-refractivity contribution in [2.24, 2.45) is 0 Å². The van der Waals surface area contributed by atoms with Gasteiger partial charge in [-0.2, -0.15) is 0 Å². The zero-order chi connectivity index (χ0) is 24.0. The molecule has 1 unspecified atom stereocenters. The van der Waals surface area contributed by atoms with Crippen molar-refractivity contribution < 1.29 is 22.3 Å². The fraction of sp³-hybridized carbons (Fsp3) is 0.478. The first-order valence-corrected chi connectivity index (χ1v) is 12.3. The Bertz CT molecular complexity index is 858. The molecule has 6 nitrogen and oxygen atoms in total. The summed E-state index contributed by atoms with van der Waals surface area (Å²) in [5.74, 6) is -0.0874. The zero-order valence-corrected chi connectivity index (χ0v) is 20.5.